The van der Waals surface area contributed by atoms with Crippen LogP contribution < -0.4 is 25.8 Å². The predicted octanol–water partition coefficient (Wildman–Crippen LogP) is 6.18. The average Bonchev–Trinajstić information content (AvgIpc) is 3.07. The Morgan fingerprint density at radius 1 is 1.11 bits per heavy atom. The summed E-state index contributed by atoms with van der Waals surface area (Å²) in [5.41, 5.74) is 3.48. The highest BCUT2D eigenvalue weighted by Crippen LogP contribution is 2.36. The molecular weight excluding hydrogens is 583 g/mol. The Morgan fingerprint density at radius 2 is 1.87 bits per heavy atom. The van der Waals surface area contributed by atoms with Crippen molar-refractivity contribution in [2.24, 2.45) is 0 Å². The van der Waals surface area contributed by atoms with Crippen LogP contribution in [0.2, 0.25) is 0 Å². The van der Waals surface area contributed by atoms with E-state index >= 15 is 0 Å². The number of anilines is 4. The molecule has 11 heteroatoms. The molecule has 2 heterocycles. The van der Waals surface area contributed by atoms with Crippen molar-refractivity contribution < 1.29 is 14.0 Å². The minimum Gasteiger partial charge on any atom is -0.367 e. The lowest BCUT2D eigenvalue weighted by Crippen LogP contribution is -2.50. The molecular formula is C35H41FN8O2. The quantitative estimate of drug-likeness (QED) is 0.195. The Labute approximate surface area is 270 Å². The molecule has 1 aliphatic carbocycles. The number of carbonyl (C=O) groups is 2. The summed E-state index contributed by atoms with van der Waals surface area (Å²) in [4.78, 5) is 40.6. The summed E-state index contributed by atoms with van der Waals surface area (Å²) < 4.78 is 13.5. The maximum atomic E-state index is 13.9. The van der Waals surface area contributed by atoms with Crippen molar-refractivity contribution in [2.75, 3.05) is 47.1 Å². The SMILES string of the molecule is [C-]#[N+]c1ccc(NC2CCC(N(C(=O)NCc3ccc(F)cc3)c3ccc(N4CCN(C)[C@@H](C)C4)c(NC(=O)C=C)c3)CC2)nc1. The number of pyridine rings is 1. The molecule has 1 saturated carbocycles. The van der Waals surface area contributed by atoms with Crippen molar-refractivity contribution in [2.45, 2.75) is 57.3 Å². The van der Waals surface area contributed by atoms with Crippen LogP contribution in [-0.4, -0.2) is 66.6 Å². The van der Waals surface area contributed by atoms with Crippen molar-refractivity contribution in [3.05, 3.63) is 96.2 Å². The van der Waals surface area contributed by atoms with Gasteiger partial charge in [0.1, 0.15) is 11.6 Å². The second-order valence-electron chi connectivity index (χ2n) is 12.0. The van der Waals surface area contributed by atoms with E-state index in [1.165, 1.54) is 18.2 Å². The molecule has 0 bridgehead atoms. The van der Waals surface area contributed by atoms with Crippen LogP contribution in [0.5, 0.6) is 0 Å². The highest BCUT2D eigenvalue weighted by Gasteiger charge is 2.31. The van der Waals surface area contributed by atoms with Crippen molar-refractivity contribution in [3.63, 3.8) is 0 Å². The third kappa shape index (κ3) is 8.00. The zero-order valence-electron chi connectivity index (χ0n) is 26.4. The number of benzene rings is 2. The molecule has 2 aliphatic rings. The fourth-order valence-corrected chi connectivity index (χ4v) is 6.08. The number of aromatic nitrogens is 1. The molecule has 1 aliphatic heterocycles. The van der Waals surface area contributed by atoms with Gasteiger partial charge in [0.15, 0.2) is 0 Å². The first-order chi connectivity index (χ1) is 22.2. The lowest BCUT2D eigenvalue weighted by Gasteiger charge is -2.40. The Hall–Kier alpha value is -4.95. The number of nitrogens with zero attached hydrogens (tertiary/aromatic N) is 5. The molecule has 0 spiro atoms. The normalized spacial score (nSPS) is 19.9. The molecule has 10 nitrogen and oxygen atoms in total. The fraction of sp³-hybridized carbons (Fsp3) is 0.371. The van der Waals surface area contributed by atoms with Crippen LogP contribution in [0, 0.1) is 12.4 Å². The van der Waals surface area contributed by atoms with Crippen LogP contribution in [0.15, 0.2) is 73.4 Å². The molecule has 1 saturated heterocycles. The molecule has 1 aromatic heterocycles. The van der Waals surface area contributed by atoms with E-state index in [9.17, 15) is 14.0 Å². The van der Waals surface area contributed by atoms with Crippen LogP contribution in [0.3, 0.4) is 0 Å². The Kier molecular flexibility index (Phi) is 10.5. The Balaban J connectivity index is 1.39. The summed E-state index contributed by atoms with van der Waals surface area (Å²) >= 11 is 0. The summed E-state index contributed by atoms with van der Waals surface area (Å²) in [7, 11) is 2.11. The third-order valence-corrected chi connectivity index (χ3v) is 8.87. The van der Waals surface area contributed by atoms with Gasteiger partial charge in [-0.05, 0) is 87.7 Å². The summed E-state index contributed by atoms with van der Waals surface area (Å²) in [5, 5.41) is 9.49. The molecule has 2 fully saturated rings. The van der Waals surface area contributed by atoms with Gasteiger partial charge in [-0.1, -0.05) is 24.8 Å². The molecule has 240 valence electrons. The van der Waals surface area contributed by atoms with Crippen LogP contribution in [0.25, 0.3) is 4.85 Å². The lowest BCUT2D eigenvalue weighted by atomic mass is 9.89. The van der Waals surface area contributed by atoms with Gasteiger partial charge >= 0.3 is 6.03 Å². The number of amides is 3. The van der Waals surface area contributed by atoms with Crippen molar-refractivity contribution in [3.8, 4) is 0 Å². The first-order valence-electron chi connectivity index (χ1n) is 15.7. The van der Waals surface area contributed by atoms with Crippen LogP contribution >= 0.6 is 0 Å². The second kappa shape index (κ2) is 14.9. The number of urea groups is 1. The number of likely N-dealkylation sites (N-methyl/N-ethyl adjacent to an activating group) is 1. The monoisotopic (exact) mass is 624 g/mol. The minimum absolute atomic E-state index is 0.0961. The topological polar surface area (TPSA) is 97.2 Å². The van der Waals surface area contributed by atoms with E-state index in [0.717, 1.165) is 62.4 Å². The highest BCUT2D eigenvalue weighted by atomic mass is 19.1. The van der Waals surface area contributed by atoms with E-state index in [0.29, 0.717) is 23.1 Å². The van der Waals surface area contributed by atoms with Gasteiger partial charge in [-0.2, -0.15) is 0 Å². The third-order valence-electron chi connectivity index (χ3n) is 8.87. The van der Waals surface area contributed by atoms with Gasteiger partial charge in [-0.3, -0.25) is 14.7 Å². The van der Waals surface area contributed by atoms with Crippen LogP contribution in [-0.2, 0) is 11.3 Å². The number of halogens is 1. The number of piperazine rings is 1. The minimum atomic E-state index is -0.330. The Morgan fingerprint density at radius 3 is 2.52 bits per heavy atom. The number of hydrogen-bond donors (Lipinski definition) is 3. The Bertz CT molecular complexity index is 1560. The van der Waals surface area contributed by atoms with E-state index in [1.54, 1.807) is 29.3 Å². The molecule has 3 aromatic rings. The fourth-order valence-electron chi connectivity index (χ4n) is 6.08. The second-order valence-corrected chi connectivity index (χ2v) is 12.0. The maximum absolute atomic E-state index is 13.9. The van der Waals surface area contributed by atoms with Crippen molar-refractivity contribution in [1.82, 2.24) is 15.2 Å². The van der Waals surface area contributed by atoms with Gasteiger partial charge in [0.05, 0.1) is 17.9 Å². The summed E-state index contributed by atoms with van der Waals surface area (Å²) in [6.07, 6.45) is 5.92. The lowest BCUT2D eigenvalue weighted by molar-refractivity contribution is -0.111. The number of carbonyl (C=O) groups excluding carboxylic acids is 2. The molecule has 5 rings (SSSR count). The largest absolute Gasteiger partial charge is 0.367 e. The van der Waals surface area contributed by atoms with Crippen LogP contribution in [0.4, 0.5) is 37.8 Å². The van der Waals surface area contributed by atoms with Crippen molar-refractivity contribution >= 4 is 40.5 Å². The van der Waals surface area contributed by atoms with Gasteiger partial charge in [0.25, 0.3) is 0 Å². The number of rotatable bonds is 9. The standard InChI is InChI=1S/C35H41FN8O2/c1-5-34(45)41-31-20-30(15-16-32(31)43-19-18-42(4)24(2)23-43)44(35(46)39-21-25-6-8-26(36)9-7-25)29-13-10-27(11-14-29)40-33-17-12-28(37-3)22-38-33/h5-9,12,15-17,20,22,24,27,29H,1,10-11,13-14,18-19,21,23H2,2,4H3,(H,38,40)(H,39,46)(H,41,45)/t24-,27?,29?/m0/s1. The molecule has 2 aromatic carbocycles. The van der Waals surface area contributed by atoms with Gasteiger partial charge in [-0.25, -0.2) is 14.0 Å². The summed E-state index contributed by atoms with van der Waals surface area (Å²) in [5.74, 6) is 0.0715. The van der Waals surface area contributed by atoms with Gasteiger partial charge < -0.3 is 25.8 Å². The van der Waals surface area contributed by atoms with E-state index in [4.69, 9.17) is 6.57 Å². The van der Waals surface area contributed by atoms with Gasteiger partial charge in [0, 0.05) is 56.2 Å². The van der Waals surface area contributed by atoms with E-state index in [2.05, 4.69) is 56.1 Å². The first kappa shape index (κ1) is 32.4. The summed E-state index contributed by atoms with van der Waals surface area (Å²) in [6, 6.07) is 15.6. The number of nitrogens with one attached hydrogen (secondary N) is 3. The van der Waals surface area contributed by atoms with Crippen molar-refractivity contribution in [1.29, 1.82) is 0 Å². The molecule has 0 radical (unpaired) electrons. The number of hydrogen-bond acceptors (Lipinski definition) is 6. The highest BCUT2D eigenvalue weighted by molar-refractivity contribution is 6.02. The van der Waals surface area contributed by atoms with E-state index in [1.807, 2.05) is 24.3 Å². The smallest absolute Gasteiger partial charge is 0.322 e. The predicted molar refractivity (Wildman–Crippen MR) is 181 cm³/mol. The zero-order chi connectivity index (χ0) is 32.6. The van der Waals surface area contributed by atoms with Gasteiger partial charge in [-0.15, -0.1) is 0 Å². The molecule has 0 unspecified atom stereocenters. The van der Waals surface area contributed by atoms with Crippen LogP contribution in [0.1, 0.15) is 38.2 Å². The van der Waals surface area contributed by atoms with E-state index < -0.39 is 0 Å². The average molecular weight is 625 g/mol. The van der Waals surface area contributed by atoms with E-state index in [-0.39, 0.29) is 36.4 Å². The molecule has 46 heavy (non-hydrogen) atoms. The van der Waals surface area contributed by atoms with Gasteiger partial charge in [0.2, 0.25) is 11.6 Å². The molecule has 3 amide bonds. The molecule has 1 atom stereocenters. The summed E-state index contributed by atoms with van der Waals surface area (Å²) in [6.45, 7) is 15.7. The zero-order valence-corrected chi connectivity index (χ0v) is 26.4. The maximum Gasteiger partial charge on any atom is 0.322 e. The first-order valence-corrected chi connectivity index (χ1v) is 15.7. The molecule has 3 N–H and O–H groups in total.